The number of sulfone groups is 1. The van der Waals surface area contributed by atoms with Crippen molar-refractivity contribution in [3.05, 3.63) is 60.2 Å². The van der Waals surface area contributed by atoms with Crippen LogP contribution in [0.25, 0.3) is 0 Å². The van der Waals surface area contributed by atoms with Gasteiger partial charge in [0.1, 0.15) is 6.04 Å². The zero-order chi connectivity index (χ0) is 32.8. The summed E-state index contributed by atoms with van der Waals surface area (Å²) in [5.41, 5.74) is 7.53. The smallest absolute Gasteiger partial charge is 0.347 e. The summed E-state index contributed by atoms with van der Waals surface area (Å²) in [5.74, 6) is -6.58. The molecule has 2 atom stereocenters. The Bertz CT molecular complexity index is 1410. The van der Waals surface area contributed by atoms with Crippen LogP contribution < -0.4 is 16.4 Å². The molecule has 0 heterocycles. The van der Waals surface area contributed by atoms with Gasteiger partial charge in [0.15, 0.2) is 9.84 Å². The highest BCUT2D eigenvalue weighted by Gasteiger charge is 2.43. The molecule has 0 aromatic heterocycles. The maximum atomic E-state index is 12.6. The zero-order valence-corrected chi connectivity index (χ0v) is 24.9. The average molecular weight is 662 g/mol. The van der Waals surface area contributed by atoms with Gasteiger partial charge in [-0.1, -0.05) is 30.3 Å². The molecule has 0 aliphatic rings. The van der Waals surface area contributed by atoms with Gasteiger partial charge in [0.2, 0.25) is 11.8 Å². The third-order valence-corrected chi connectivity index (χ3v) is 8.01. The molecule has 2 aromatic carbocycles. The SMILES string of the molecule is CC(=O)NCSC[C@H](NC(=O)[C@@H](N)CCCS(=O)(=O)Cc1ccc(N=Nc2ccccc2)cc1)C(=O)OOC(=O)C(F)(F)F. The number of nitrogens with zero attached hydrogens (tertiary/aromatic N) is 2. The molecule has 2 rings (SSSR count). The summed E-state index contributed by atoms with van der Waals surface area (Å²) in [7, 11) is -3.60. The Kier molecular flexibility index (Phi) is 14.2. The van der Waals surface area contributed by atoms with Gasteiger partial charge in [-0.25, -0.2) is 27.8 Å². The van der Waals surface area contributed by atoms with Gasteiger partial charge in [-0.05, 0) is 42.7 Å². The van der Waals surface area contributed by atoms with Gasteiger partial charge in [0.05, 0.1) is 34.8 Å². The van der Waals surface area contributed by atoms with E-state index in [1.165, 1.54) is 6.92 Å². The second-order valence-corrected chi connectivity index (χ2v) is 12.3. The summed E-state index contributed by atoms with van der Waals surface area (Å²) in [5, 5.41) is 12.7. The first-order valence-corrected chi connectivity index (χ1v) is 15.8. The molecule has 13 nitrogen and oxygen atoms in total. The molecule has 4 N–H and O–H groups in total. The molecule has 18 heteroatoms. The molecule has 0 saturated carbocycles. The first kappa shape index (κ1) is 36.2. The number of rotatable bonds is 15. The quantitative estimate of drug-likeness (QED) is 0.0839. The number of nitrogens with two attached hydrogens (primary N) is 1. The third-order valence-electron chi connectivity index (χ3n) is 5.41. The van der Waals surface area contributed by atoms with Gasteiger partial charge in [-0.2, -0.15) is 23.4 Å². The van der Waals surface area contributed by atoms with Crippen molar-refractivity contribution in [2.75, 3.05) is 17.4 Å². The van der Waals surface area contributed by atoms with E-state index in [1.54, 1.807) is 36.4 Å². The first-order valence-electron chi connectivity index (χ1n) is 12.8. The van der Waals surface area contributed by atoms with E-state index in [9.17, 15) is 40.8 Å². The van der Waals surface area contributed by atoms with E-state index in [-0.39, 0.29) is 36.0 Å². The lowest BCUT2D eigenvalue weighted by Crippen LogP contribution is -2.50. The van der Waals surface area contributed by atoms with Crippen LogP contribution in [0.5, 0.6) is 0 Å². The lowest BCUT2D eigenvalue weighted by atomic mass is 10.1. The molecule has 240 valence electrons. The van der Waals surface area contributed by atoms with Crippen LogP contribution in [-0.4, -0.2) is 67.8 Å². The number of halogens is 3. The number of alkyl halides is 3. The van der Waals surface area contributed by atoms with Crippen LogP contribution in [0.15, 0.2) is 64.8 Å². The first-order chi connectivity index (χ1) is 20.7. The molecule has 0 radical (unpaired) electrons. The second-order valence-electron chi connectivity index (χ2n) is 9.12. The molecule has 0 unspecified atom stereocenters. The lowest BCUT2D eigenvalue weighted by molar-refractivity contribution is -0.286. The van der Waals surface area contributed by atoms with Crippen molar-refractivity contribution in [3.63, 3.8) is 0 Å². The van der Waals surface area contributed by atoms with Crippen LogP contribution in [0, 0.1) is 0 Å². The molecule has 0 saturated heterocycles. The van der Waals surface area contributed by atoms with E-state index >= 15 is 0 Å². The van der Waals surface area contributed by atoms with Crippen molar-refractivity contribution in [1.29, 1.82) is 0 Å². The standard InChI is InChI=1S/C26H30F3N5O8S2/c1-17(35)31-16-43-14-22(24(37)41-42-25(38)26(27,28)29)32-23(36)21(30)8-5-13-44(39,40)15-18-9-11-20(12-10-18)34-33-19-6-3-2-4-7-19/h2-4,6-7,9-12,21-22H,5,8,13-16,30H2,1H3,(H,31,35)(H,32,36)/t21-,22-/m0/s1. The summed E-state index contributed by atoms with van der Waals surface area (Å²) in [6, 6.07) is 12.6. The zero-order valence-electron chi connectivity index (χ0n) is 23.3. The van der Waals surface area contributed by atoms with Gasteiger partial charge < -0.3 is 16.4 Å². The van der Waals surface area contributed by atoms with Crippen LogP contribution in [0.1, 0.15) is 25.3 Å². The van der Waals surface area contributed by atoms with E-state index in [0.29, 0.717) is 16.9 Å². The predicted molar refractivity (Wildman–Crippen MR) is 153 cm³/mol. The van der Waals surface area contributed by atoms with E-state index in [2.05, 4.69) is 30.6 Å². The number of thioether (sulfide) groups is 1. The predicted octanol–water partition coefficient (Wildman–Crippen LogP) is 3.00. The van der Waals surface area contributed by atoms with Crippen molar-refractivity contribution in [3.8, 4) is 0 Å². The van der Waals surface area contributed by atoms with Gasteiger partial charge in [0, 0.05) is 12.7 Å². The molecule has 0 fully saturated rings. The Morgan fingerprint density at radius 3 is 2.18 bits per heavy atom. The van der Waals surface area contributed by atoms with Gasteiger partial charge >= 0.3 is 18.1 Å². The second kappa shape index (κ2) is 17.3. The van der Waals surface area contributed by atoms with Gasteiger partial charge in [-0.15, -0.1) is 11.8 Å². The Morgan fingerprint density at radius 2 is 1.59 bits per heavy atom. The van der Waals surface area contributed by atoms with Crippen LogP contribution in [0.3, 0.4) is 0 Å². The number of hydrogen-bond acceptors (Lipinski definition) is 12. The van der Waals surface area contributed by atoms with Crippen LogP contribution in [0.4, 0.5) is 24.5 Å². The Hall–Kier alpha value is -4.03. The van der Waals surface area contributed by atoms with E-state index in [4.69, 9.17) is 5.73 Å². The molecule has 2 amide bonds. The summed E-state index contributed by atoms with van der Waals surface area (Å²) >= 11 is 0.895. The molecule has 44 heavy (non-hydrogen) atoms. The number of hydrogen-bond donors (Lipinski definition) is 3. The van der Waals surface area contributed by atoms with Crippen molar-refractivity contribution in [1.82, 2.24) is 10.6 Å². The molecule has 2 aromatic rings. The molecule has 0 aliphatic carbocycles. The maximum Gasteiger partial charge on any atom is 0.495 e. The van der Waals surface area contributed by atoms with Crippen molar-refractivity contribution in [2.45, 2.75) is 43.8 Å². The maximum absolute atomic E-state index is 12.6. The van der Waals surface area contributed by atoms with Crippen LogP contribution in [-0.2, 0) is 44.5 Å². The van der Waals surface area contributed by atoms with Crippen molar-refractivity contribution < 1.29 is 50.5 Å². The molecule has 0 spiro atoms. The fourth-order valence-electron chi connectivity index (χ4n) is 3.21. The van der Waals surface area contributed by atoms with Gasteiger partial charge in [-0.3, -0.25) is 9.59 Å². The van der Waals surface area contributed by atoms with E-state index in [0.717, 1.165) is 11.8 Å². The normalized spacial score (nSPS) is 13.1. The summed E-state index contributed by atoms with van der Waals surface area (Å²) < 4.78 is 62.2. The minimum atomic E-state index is -5.43. The largest absolute Gasteiger partial charge is 0.495 e. The monoisotopic (exact) mass is 661 g/mol. The molecule has 0 aliphatic heterocycles. The number of amides is 2. The van der Waals surface area contributed by atoms with Crippen LogP contribution >= 0.6 is 11.8 Å². The number of nitrogens with one attached hydrogen (secondary N) is 2. The Labute approximate surface area is 255 Å². The van der Waals surface area contributed by atoms with Crippen molar-refractivity contribution in [2.24, 2.45) is 16.0 Å². The fraction of sp³-hybridized carbons (Fsp3) is 0.385. The summed E-state index contributed by atoms with van der Waals surface area (Å²) in [6.45, 7) is 1.22. The molecular weight excluding hydrogens is 631 g/mol. The molecule has 0 bridgehead atoms. The lowest BCUT2D eigenvalue weighted by Gasteiger charge is -2.19. The minimum Gasteiger partial charge on any atom is -0.347 e. The Morgan fingerprint density at radius 1 is 0.977 bits per heavy atom. The highest BCUT2D eigenvalue weighted by atomic mass is 32.2. The van der Waals surface area contributed by atoms with Crippen LogP contribution in [0.2, 0.25) is 0 Å². The van der Waals surface area contributed by atoms with Gasteiger partial charge in [0.25, 0.3) is 0 Å². The number of benzene rings is 2. The van der Waals surface area contributed by atoms with Crippen molar-refractivity contribution >= 4 is 56.7 Å². The summed E-state index contributed by atoms with van der Waals surface area (Å²) in [6.07, 6.45) is -5.57. The average Bonchev–Trinajstić information content (AvgIpc) is 2.96. The summed E-state index contributed by atoms with van der Waals surface area (Å²) in [4.78, 5) is 53.9. The third kappa shape index (κ3) is 14.0. The number of azo groups is 1. The van der Waals surface area contributed by atoms with E-state index in [1.807, 2.05) is 18.2 Å². The number of carbonyl (C=O) groups excluding carboxylic acids is 4. The highest BCUT2D eigenvalue weighted by molar-refractivity contribution is 7.99. The fourth-order valence-corrected chi connectivity index (χ4v) is 5.54. The topological polar surface area (TPSA) is 196 Å². The molecular formula is C26H30F3N5O8S2. The Balaban J connectivity index is 1.87. The minimum absolute atomic E-state index is 0.0180. The number of carbonyl (C=O) groups is 4. The highest BCUT2D eigenvalue weighted by Crippen LogP contribution is 2.20. The van der Waals surface area contributed by atoms with E-state index < -0.39 is 51.9 Å².